The molecule has 2 atom stereocenters. The van der Waals surface area contributed by atoms with E-state index in [-0.39, 0.29) is 58.5 Å². The molecule has 0 amide bonds. The second kappa shape index (κ2) is 10.6. The largest absolute Gasteiger partial charge is 0.507 e. The zero-order valence-electron chi connectivity index (χ0n) is 20.8. The van der Waals surface area contributed by atoms with Gasteiger partial charge in [-0.15, -0.1) is 0 Å². The Morgan fingerprint density at radius 1 is 1.20 bits per heavy atom. The zero-order valence-corrected chi connectivity index (χ0v) is 20.8. The van der Waals surface area contributed by atoms with Gasteiger partial charge in [-0.1, -0.05) is 17.7 Å². The molecule has 0 spiro atoms. The molecule has 2 aromatic rings. The Kier molecular flexibility index (Phi) is 7.97. The number of ether oxygens (including phenoxy) is 3. The fourth-order valence-electron chi connectivity index (χ4n) is 4.01. The van der Waals surface area contributed by atoms with Crippen molar-refractivity contribution in [3.8, 4) is 28.7 Å². The van der Waals surface area contributed by atoms with Crippen LogP contribution in [0, 0.1) is 0 Å². The van der Waals surface area contributed by atoms with Crippen LogP contribution in [-0.2, 0) is 11.2 Å². The van der Waals surface area contributed by atoms with E-state index in [1.165, 1.54) is 19.2 Å². The number of methoxy groups -OCH3 is 2. The van der Waals surface area contributed by atoms with E-state index >= 15 is 0 Å². The predicted octanol–water partition coefficient (Wildman–Crippen LogP) is 4.57. The third-order valence-electron chi connectivity index (χ3n) is 6.64. The van der Waals surface area contributed by atoms with Crippen LogP contribution in [0.5, 0.6) is 28.7 Å². The van der Waals surface area contributed by atoms with Gasteiger partial charge in [0.15, 0.2) is 17.3 Å². The highest BCUT2D eigenvalue weighted by Crippen LogP contribution is 2.45. The van der Waals surface area contributed by atoms with Gasteiger partial charge in [-0.2, -0.15) is 0 Å². The van der Waals surface area contributed by atoms with Crippen molar-refractivity contribution in [3.63, 3.8) is 0 Å². The van der Waals surface area contributed by atoms with Crippen molar-refractivity contribution in [3.05, 3.63) is 52.6 Å². The first-order valence-corrected chi connectivity index (χ1v) is 11.5. The van der Waals surface area contributed by atoms with Crippen molar-refractivity contribution in [2.45, 2.75) is 64.3 Å². The summed E-state index contributed by atoms with van der Waals surface area (Å²) in [7, 11) is 2.99. The number of phenols is 3. The van der Waals surface area contributed by atoms with Crippen molar-refractivity contribution >= 4 is 5.78 Å². The summed E-state index contributed by atoms with van der Waals surface area (Å²) in [6.45, 7) is 5.55. The molecule has 0 saturated heterocycles. The van der Waals surface area contributed by atoms with Crippen molar-refractivity contribution in [1.82, 2.24) is 0 Å². The Bertz CT molecular complexity index is 1120. The van der Waals surface area contributed by atoms with Gasteiger partial charge >= 0.3 is 0 Å². The molecule has 3 rings (SSSR count). The number of carbonyl (C=O) groups excluding carboxylic acids is 1. The van der Waals surface area contributed by atoms with Crippen LogP contribution in [0.3, 0.4) is 0 Å². The number of allylic oxidation sites excluding steroid dienone is 2. The molecule has 2 aromatic carbocycles. The van der Waals surface area contributed by atoms with Crippen LogP contribution in [-0.4, -0.2) is 52.1 Å². The third kappa shape index (κ3) is 5.71. The molecule has 35 heavy (non-hydrogen) atoms. The molecule has 0 radical (unpaired) electrons. The number of benzene rings is 2. The number of hydrogen-bond donors (Lipinski definition) is 4. The van der Waals surface area contributed by atoms with Gasteiger partial charge in [-0.3, -0.25) is 4.79 Å². The SMILES string of the molecule is COc1cc(C2CC(=O)c3c(cc(O)c(CC=C(C)CCC(O)C(C)(C)OC)c3O)O2)ccc1O. The van der Waals surface area contributed by atoms with Crippen LogP contribution >= 0.6 is 0 Å². The van der Waals surface area contributed by atoms with E-state index in [4.69, 9.17) is 14.2 Å². The van der Waals surface area contributed by atoms with E-state index in [0.717, 1.165) is 5.57 Å². The van der Waals surface area contributed by atoms with Gasteiger partial charge in [-0.05, 0) is 57.7 Å². The van der Waals surface area contributed by atoms with Crippen LogP contribution in [0.1, 0.15) is 67.6 Å². The lowest BCUT2D eigenvalue weighted by Gasteiger charge is -2.29. The monoisotopic (exact) mass is 486 g/mol. The molecule has 0 fully saturated rings. The van der Waals surface area contributed by atoms with Gasteiger partial charge in [0.1, 0.15) is 28.9 Å². The third-order valence-corrected chi connectivity index (χ3v) is 6.64. The molecule has 190 valence electrons. The number of Topliss-reactive ketones (excluding diaryl/α,β-unsaturated/α-hetero) is 1. The van der Waals surface area contributed by atoms with E-state index in [9.17, 15) is 25.2 Å². The molecule has 0 saturated carbocycles. The molecule has 4 N–H and O–H groups in total. The Labute approximate surface area is 205 Å². The first-order valence-electron chi connectivity index (χ1n) is 11.5. The summed E-state index contributed by atoms with van der Waals surface area (Å²) in [6, 6.07) is 6.03. The van der Waals surface area contributed by atoms with E-state index in [1.807, 2.05) is 26.8 Å². The number of fused-ring (bicyclic) bond motifs is 1. The number of hydrogen-bond acceptors (Lipinski definition) is 8. The Morgan fingerprint density at radius 2 is 1.91 bits per heavy atom. The van der Waals surface area contributed by atoms with Gasteiger partial charge in [0, 0.05) is 18.7 Å². The lowest BCUT2D eigenvalue weighted by molar-refractivity contribution is -0.0797. The number of ketones is 1. The van der Waals surface area contributed by atoms with Crippen molar-refractivity contribution in [2.75, 3.05) is 14.2 Å². The fourth-order valence-corrected chi connectivity index (χ4v) is 4.01. The Balaban J connectivity index is 1.78. The summed E-state index contributed by atoms with van der Waals surface area (Å²) in [5, 5.41) is 41.5. The van der Waals surface area contributed by atoms with E-state index in [2.05, 4.69) is 0 Å². The highest BCUT2D eigenvalue weighted by molar-refractivity contribution is 6.03. The van der Waals surface area contributed by atoms with Crippen LogP contribution < -0.4 is 9.47 Å². The second-order valence-electron chi connectivity index (χ2n) is 9.38. The number of aliphatic hydroxyl groups excluding tert-OH is 1. The molecule has 0 aliphatic carbocycles. The second-order valence-corrected chi connectivity index (χ2v) is 9.38. The standard InChI is InChI=1S/C27H34O8/c1-15(7-11-24(31)27(2,3)34-5)6-9-17-19(29)13-23-25(26(17)32)20(30)14-21(35-23)16-8-10-18(28)22(12-16)33-4/h6,8,10,12-13,21,24,28-29,31-32H,7,9,11,14H2,1-5H3. The molecule has 1 aliphatic rings. The molecular formula is C27H34O8. The van der Waals surface area contributed by atoms with Crippen LogP contribution in [0.2, 0.25) is 0 Å². The lowest BCUT2D eigenvalue weighted by atomic mass is 9.92. The maximum Gasteiger partial charge on any atom is 0.174 e. The lowest BCUT2D eigenvalue weighted by Crippen LogP contribution is -2.37. The smallest absolute Gasteiger partial charge is 0.174 e. The number of aromatic hydroxyl groups is 3. The highest BCUT2D eigenvalue weighted by Gasteiger charge is 2.33. The minimum atomic E-state index is -0.654. The van der Waals surface area contributed by atoms with Crippen LogP contribution in [0.4, 0.5) is 0 Å². The number of carbonyl (C=O) groups is 1. The molecule has 8 heteroatoms. The first-order chi connectivity index (χ1) is 16.5. The minimum absolute atomic E-state index is 0.0131. The van der Waals surface area contributed by atoms with Crippen molar-refractivity contribution in [2.24, 2.45) is 0 Å². The average molecular weight is 487 g/mol. The zero-order chi connectivity index (χ0) is 25.9. The quantitative estimate of drug-likeness (QED) is 0.380. The molecule has 1 heterocycles. The minimum Gasteiger partial charge on any atom is -0.507 e. The summed E-state index contributed by atoms with van der Waals surface area (Å²) < 4.78 is 16.4. The number of rotatable bonds is 9. The summed E-state index contributed by atoms with van der Waals surface area (Å²) in [6.07, 6.45) is 1.87. The van der Waals surface area contributed by atoms with Gasteiger partial charge < -0.3 is 34.6 Å². The number of aliphatic hydroxyl groups is 1. The van der Waals surface area contributed by atoms with Crippen LogP contribution in [0.25, 0.3) is 0 Å². The van der Waals surface area contributed by atoms with Gasteiger partial charge in [0.25, 0.3) is 0 Å². The Morgan fingerprint density at radius 3 is 2.57 bits per heavy atom. The predicted molar refractivity (Wildman–Crippen MR) is 131 cm³/mol. The van der Waals surface area contributed by atoms with Gasteiger partial charge in [0.05, 0.1) is 25.2 Å². The normalized spacial score (nSPS) is 17.0. The highest BCUT2D eigenvalue weighted by atomic mass is 16.5. The molecule has 0 aromatic heterocycles. The summed E-state index contributed by atoms with van der Waals surface area (Å²) in [5.41, 5.74) is 1.22. The van der Waals surface area contributed by atoms with Crippen molar-refractivity contribution < 1.29 is 39.4 Å². The summed E-state index contributed by atoms with van der Waals surface area (Å²) in [5.74, 6) is -0.459. The topological polar surface area (TPSA) is 126 Å². The van der Waals surface area contributed by atoms with Crippen molar-refractivity contribution in [1.29, 1.82) is 0 Å². The molecular weight excluding hydrogens is 452 g/mol. The van der Waals surface area contributed by atoms with Crippen LogP contribution in [0.15, 0.2) is 35.9 Å². The molecule has 2 unspecified atom stereocenters. The summed E-state index contributed by atoms with van der Waals surface area (Å²) >= 11 is 0. The van der Waals surface area contributed by atoms with E-state index < -0.39 is 17.8 Å². The molecule has 8 nitrogen and oxygen atoms in total. The van der Waals surface area contributed by atoms with E-state index in [0.29, 0.717) is 18.4 Å². The van der Waals surface area contributed by atoms with Gasteiger partial charge in [-0.25, -0.2) is 0 Å². The van der Waals surface area contributed by atoms with Gasteiger partial charge in [0.2, 0.25) is 0 Å². The first kappa shape index (κ1) is 26.4. The number of phenolic OH excluding ortho intramolecular Hbond substituents is 3. The average Bonchev–Trinajstić information content (AvgIpc) is 2.81. The Hall–Kier alpha value is -3.23. The maximum absolute atomic E-state index is 13.0. The fraction of sp³-hybridized carbons (Fsp3) is 0.444. The summed E-state index contributed by atoms with van der Waals surface area (Å²) in [4.78, 5) is 13.0. The molecule has 0 bridgehead atoms. The van der Waals surface area contributed by atoms with E-state index in [1.54, 1.807) is 19.2 Å². The molecule has 1 aliphatic heterocycles. The maximum atomic E-state index is 13.0.